The highest BCUT2D eigenvalue weighted by molar-refractivity contribution is 6.03. The van der Waals surface area contributed by atoms with Crippen molar-refractivity contribution >= 4 is 5.78 Å². The van der Waals surface area contributed by atoms with Crippen LogP contribution in [0.25, 0.3) is 22.3 Å². The number of halogens is 3. The smallest absolute Gasteiger partial charge is 0.384 e. The topological polar surface area (TPSA) is 26.3 Å². The number of hydrogen-bond donors (Lipinski definition) is 0. The van der Waals surface area contributed by atoms with E-state index in [1.807, 2.05) is 42.5 Å². The maximum Gasteiger partial charge on any atom is 0.416 e. The Morgan fingerprint density at radius 2 is 1.61 bits per heavy atom. The molecule has 0 aromatic heterocycles. The molecule has 170 valence electrons. The highest BCUT2D eigenvalue weighted by Crippen LogP contribution is 2.40. The molecule has 1 unspecified atom stereocenters. The fourth-order valence-electron chi connectivity index (χ4n) is 4.65. The van der Waals surface area contributed by atoms with Crippen LogP contribution in [0.15, 0.2) is 79.4 Å². The fourth-order valence-corrected chi connectivity index (χ4v) is 4.65. The van der Waals surface area contributed by atoms with Crippen LogP contribution < -0.4 is 0 Å². The second kappa shape index (κ2) is 8.99. The first-order valence-electron chi connectivity index (χ1n) is 10.8. The number of ketones is 1. The molecular weight excluding hydrogens is 425 g/mol. The Bertz CT molecular complexity index is 1180. The van der Waals surface area contributed by atoms with Crippen LogP contribution in [0.3, 0.4) is 0 Å². The molecule has 0 amide bonds. The molecule has 0 heterocycles. The molecule has 33 heavy (non-hydrogen) atoms. The largest absolute Gasteiger partial charge is 0.416 e. The maximum atomic E-state index is 13.3. The van der Waals surface area contributed by atoms with E-state index in [0.717, 1.165) is 40.8 Å². The van der Waals surface area contributed by atoms with Gasteiger partial charge in [-0.05, 0) is 59.2 Å². The molecule has 1 aliphatic carbocycles. The first kappa shape index (κ1) is 23.0. The number of Topliss-reactive ketones (excluding diaryl/α,β-unsaturated/α-hetero) is 1. The van der Waals surface area contributed by atoms with E-state index in [2.05, 4.69) is 6.58 Å². The molecule has 0 radical (unpaired) electrons. The lowest BCUT2D eigenvalue weighted by Gasteiger charge is -2.35. The van der Waals surface area contributed by atoms with Gasteiger partial charge in [0.15, 0.2) is 5.78 Å². The molecule has 0 aliphatic heterocycles. The van der Waals surface area contributed by atoms with Crippen LogP contribution in [-0.2, 0) is 17.3 Å². The van der Waals surface area contributed by atoms with Gasteiger partial charge in [-0.15, -0.1) is 6.58 Å². The van der Waals surface area contributed by atoms with Gasteiger partial charge in [0.2, 0.25) is 0 Å². The van der Waals surface area contributed by atoms with Crippen LogP contribution in [-0.4, -0.2) is 19.5 Å². The molecule has 1 atom stereocenters. The van der Waals surface area contributed by atoms with Gasteiger partial charge in [0.1, 0.15) is 0 Å². The van der Waals surface area contributed by atoms with Crippen LogP contribution in [0.5, 0.6) is 0 Å². The van der Waals surface area contributed by atoms with E-state index < -0.39 is 17.2 Å². The van der Waals surface area contributed by atoms with E-state index in [1.165, 1.54) is 6.07 Å². The Labute approximate surface area is 191 Å². The Morgan fingerprint density at radius 3 is 2.21 bits per heavy atom. The van der Waals surface area contributed by atoms with Crippen molar-refractivity contribution in [2.75, 3.05) is 13.7 Å². The molecule has 3 aromatic carbocycles. The van der Waals surface area contributed by atoms with Crippen LogP contribution in [0.4, 0.5) is 13.2 Å². The molecule has 0 bridgehead atoms. The van der Waals surface area contributed by atoms with E-state index in [9.17, 15) is 18.0 Å². The third-order valence-corrected chi connectivity index (χ3v) is 6.40. The van der Waals surface area contributed by atoms with Crippen molar-refractivity contribution in [2.24, 2.45) is 5.41 Å². The summed E-state index contributed by atoms with van der Waals surface area (Å²) < 4.78 is 44.5. The Hall–Kier alpha value is -3.18. The third-order valence-electron chi connectivity index (χ3n) is 6.40. The zero-order valence-electron chi connectivity index (χ0n) is 18.4. The van der Waals surface area contributed by atoms with Gasteiger partial charge in [0.25, 0.3) is 0 Å². The second-order valence-electron chi connectivity index (χ2n) is 8.56. The third kappa shape index (κ3) is 4.51. The second-order valence-corrected chi connectivity index (χ2v) is 8.56. The van der Waals surface area contributed by atoms with E-state index in [4.69, 9.17) is 4.74 Å². The van der Waals surface area contributed by atoms with Crippen LogP contribution >= 0.6 is 0 Å². The molecule has 0 saturated heterocycles. The summed E-state index contributed by atoms with van der Waals surface area (Å²) in [5, 5.41) is 0. The van der Waals surface area contributed by atoms with Gasteiger partial charge in [0, 0.05) is 12.7 Å². The normalized spacial score (nSPS) is 18.1. The average molecular weight is 451 g/mol. The SMILES string of the molecule is C=CCC1(COC)CCc2cc(-c3ccc(-c4cccc(C(F)(F)F)c4)cc3)ccc2C1=O. The van der Waals surface area contributed by atoms with Crippen molar-refractivity contribution in [3.8, 4) is 22.3 Å². The Morgan fingerprint density at radius 1 is 0.970 bits per heavy atom. The number of ether oxygens (including phenoxy) is 1. The lowest BCUT2D eigenvalue weighted by Crippen LogP contribution is -2.39. The van der Waals surface area contributed by atoms with Gasteiger partial charge in [-0.25, -0.2) is 0 Å². The van der Waals surface area contributed by atoms with Crippen LogP contribution in [0, 0.1) is 5.41 Å². The summed E-state index contributed by atoms with van der Waals surface area (Å²) >= 11 is 0. The van der Waals surface area contributed by atoms with Gasteiger partial charge in [-0.2, -0.15) is 13.2 Å². The van der Waals surface area contributed by atoms with Gasteiger partial charge < -0.3 is 4.74 Å². The molecule has 0 saturated carbocycles. The van der Waals surface area contributed by atoms with Crippen molar-refractivity contribution in [1.29, 1.82) is 0 Å². The molecule has 1 aliphatic rings. The minimum atomic E-state index is -4.37. The van der Waals surface area contributed by atoms with E-state index in [-0.39, 0.29) is 5.78 Å². The number of hydrogen-bond acceptors (Lipinski definition) is 2. The monoisotopic (exact) mass is 450 g/mol. The van der Waals surface area contributed by atoms with Crippen LogP contribution in [0.1, 0.15) is 34.3 Å². The van der Waals surface area contributed by atoms with Gasteiger partial charge in [-0.3, -0.25) is 4.79 Å². The first-order valence-corrected chi connectivity index (χ1v) is 10.8. The Balaban J connectivity index is 1.61. The number of allylic oxidation sites excluding steroid dienone is 1. The Kier molecular flexibility index (Phi) is 6.26. The molecular formula is C28H25F3O2. The van der Waals surface area contributed by atoms with Crippen LogP contribution in [0.2, 0.25) is 0 Å². The zero-order valence-corrected chi connectivity index (χ0v) is 18.4. The van der Waals surface area contributed by atoms with E-state index in [1.54, 1.807) is 19.3 Å². The summed E-state index contributed by atoms with van der Waals surface area (Å²) in [5.41, 5.74) is 3.67. The number of rotatable bonds is 6. The van der Waals surface area contributed by atoms with Crippen molar-refractivity contribution in [3.63, 3.8) is 0 Å². The van der Waals surface area contributed by atoms with Gasteiger partial charge in [0.05, 0.1) is 17.6 Å². The average Bonchev–Trinajstić information content (AvgIpc) is 2.81. The maximum absolute atomic E-state index is 13.3. The number of methoxy groups -OCH3 is 1. The van der Waals surface area contributed by atoms with E-state index >= 15 is 0 Å². The minimum Gasteiger partial charge on any atom is -0.384 e. The van der Waals surface area contributed by atoms with Gasteiger partial charge in [-0.1, -0.05) is 60.7 Å². The summed E-state index contributed by atoms with van der Waals surface area (Å²) in [6, 6.07) is 18.6. The zero-order chi connectivity index (χ0) is 23.6. The number of fused-ring (bicyclic) bond motifs is 1. The summed E-state index contributed by atoms with van der Waals surface area (Å²) in [6.07, 6.45) is -0.534. The highest BCUT2D eigenvalue weighted by atomic mass is 19.4. The predicted molar refractivity (Wildman–Crippen MR) is 124 cm³/mol. The van der Waals surface area contributed by atoms with Gasteiger partial charge >= 0.3 is 6.18 Å². The number of aryl methyl sites for hydroxylation is 1. The number of carbonyl (C=O) groups is 1. The molecule has 0 spiro atoms. The van der Waals surface area contributed by atoms with Crippen molar-refractivity contribution in [1.82, 2.24) is 0 Å². The quantitative estimate of drug-likeness (QED) is 0.366. The molecule has 0 N–H and O–H groups in total. The lowest BCUT2D eigenvalue weighted by molar-refractivity contribution is -0.137. The van der Waals surface area contributed by atoms with Crippen molar-refractivity contribution in [3.05, 3.63) is 96.1 Å². The molecule has 0 fully saturated rings. The minimum absolute atomic E-state index is 0.0944. The first-order chi connectivity index (χ1) is 15.8. The van der Waals surface area contributed by atoms with Crippen molar-refractivity contribution < 1.29 is 22.7 Å². The summed E-state index contributed by atoms with van der Waals surface area (Å²) in [4.78, 5) is 13.3. The molecule has 3 aromatic rings. The number of benzene rings is 3. The molecule has 5 heteroatoms. The van der Waals surface area contributed by atoms with E-state index in [0.29, 0.717) is 30.6 Å². The lowest BCUT2D eigenvalue weighted by atomic mass is 9.68. The molecule has 4 rings (SSSR count). The molecule has 2 nitrogen and oxygen atoms in total. The number of alkyl halides is 3. The summed E-state index contributed by atoms with van der Waals surface area (Å²) in [7, 11) is 1.61. The fraction of sp³-hybridized carbons (Fsp3) is 0.250. The highest BCUT2D eigenvalue weighted by Gasteiger charge is 2.41. The van der Waals surface area contributed by atoms with Crippen molar-refractivity contribution in [2.45, 2.75) is 25.4 Å². The summed E-state index contributed by atoms with van der Waals surface area (Å²) in [5.74, 6) is 0.0944. The standard InChI is InChI=1S/C28H25F3O2/c1-3-14-27(18-33-2)15-13-23-16-22(11-12-25(23)26(27)32)20-9-7-19(8-10-20)21-5-4-6-24(17-21)28(29,30)31/h3-12,16-17H,1,13-15,18H2,2H3. The summed E-state index contributed by atoms with van der Waals surface area (Å²) in [6.45, 7) is 4.18. The number of carbonyl (C=O) groups excluding carboxylic acids is 1. The predicted octanol–water partition coefficient (Wildman–Crippen LogP) is 7.38.